The number of alkyl halides is 3. The van der Waals surface area contributed by atoms with E-state index in [1.165, 1.54) is 0 Å². The number of aliphatic carboxylic acids is 1. The maximum atomic E-state index is 12.1. The predicted octanol–water partition coefficient (Wildman–Crippen LogP) is 2.47. The molecule has 20 heavy (non-hydrogen) atoms. The van der Waals surface area contributed by atoms with Gasteiger partial charge in [0, 0.05) is 12.5 Å². The van der Waals surface area contributed by atoms with Gasteiger partial charge in [-0.25, -0.2) is 0 Å². The molecule has 2 aliphatic carbocycles. The number of ether oxygens (including phenoxy) is 1. The van der Waals surface area contributed by atoms with E-state index in [-0.39, 0.29) is 12.5 Å². The highest BCUT2D eigenvalue weighted by Crippen LogP contribution is 2.34. The monoisotopic (exact) mass is 295 g/mol. The zero-order valence-electron chi connectivity index (χ0n) is 11.2. The summed E-state index contributed by atoms with van der Waals surface area (Å²) in [6.45, 7) is -0.396. The Hall–Kier alpha value is -0.820. The lowest BCUT2D eigenvalue weighted by molar-refractivity contribution is -0.157. The molecule has 2 saturated carbocycles. The number of carboxylic acids is 1. The van der Waals surface area contributed by atoms with Gasteiger partial charge in [0.1, 0.15) is 5.54 Å². The van der Waals surface area contributed by atoms with Gasteiger partial charge in [-0.05, 0) is 32.1 Å². The molecular weight excluding hydrogens is 275 g/mol. The van der Waals surface area contributed by atoms with Crippen LogP contribution in [0.5, 0.6) is 0 Å². The predicted molar refractivity (Wildman–Crippen MR) is 65.4 cm³/mol. The second-order valence-electron chi connectivity index (χ2n) is 5.76. The fourth-order valence-electron chi connectivity index (χ4n) is 2.71. The third kappa shape index (κ3) is 4.34. The molecule has 2 unspecified atom stereocenters. The van der Waals surface area contributed by atoms with E-state index in [0.29, 0.717) is 19.3 Å². The largest absolute Gasteiger partial charge is 0.480 e. The summed E-state index contributed by atoms with van der Waals surface area (Å²) in [5.74, 6) is -0.923. The first-order valence-corrected chi connectivity index (χ1v) is 7.00. The number of hydrogen-bond donors (Lipinski definition) is 2. The summed E-state index contributed by atoms with van der Waals surface area (Å²) in [7, 11) is 0. The molecule has 2 atom stereocenters. The third-order valence-corrected chi connectivity index (χ3v) is 3.91. The molecule has 0 amide bonds. The lowest BCUT2D eigenvalue weighted by atomic mass is 9.80. The molecule has 0 spiro atoms. The number of rotatable bonds is 6. The van der Waals surface area contributed by atoms with Gasteiger partial charge < -0.3 is 9.84 Å². The molecule has 0 saturated heterocycles. The fraction of sp³-hybridized carbons (Fsp3) is 0.923. The van der Waals surface area contributed by atoms with Crippen LogP contribution >= 0.6 is 0 Å². The van der Waals surface area contributed by atoms with E-state index in [0.717, 1.165) is 12.8 Å². The molecule has 0 aromatic rings. The zero-order chi connectivity index (χ0) is 14.8. The van der Waals surface area contributed by atoms with Crippen LogP contribution in [-0.4, -0.2) is 41.5 Å². The summed E-state index contributed by atoms with van der Waals surface area (Å²) in [5.41, 5.74) is -1.03. The van der Waals surface area contributed by atoms with E-state index < -0.39 is 36.8 Å². The SMILES string of the molecule is O=C(O)C1(NC2CC2)CCCC(OCCC(F)(F)F)C1. The van der Waals surface area contributed by atoms with E-state index in [1.54, 1.807) is 0 Å². The van der Waals surface area contributed by atoms with Gasteiger partial charge in [-0.1, -0.05) is 0 Å². The summed E-state index contributed by atoms with van der Waals surface area (Å²) in [6, 6.07) is 0.236. The zero-order valence-corrected chi connectivity index (χ0v) is 11.2. The van der Waals surface area contributed by atoms with Crippen LogP contribution in [0.2, 0.25) is 0 Å². The Balaban J connectivity index is 1.87. The molecule has 0 radical (unpaired) electrons. The topological polar surface area (TPSA) is 58.6 Å². The van der Waals surface area contributed by atoms with Crippen LogP contribution in [0.4, 0.5) is 13.2 Å². The number of carbonyl (C=O) groups is 1. The van der Waals surface area contributed by atoms with Gasteiger partial charge in [-0.2, -0.15) is 13.2 Å². The highest BCUT2D eigenvalue weighted by molar-refractivity contribution is 5.79. The molecule has 0 bridgehead atoms. The van der Waals surface area contributed by atoms with Crippen molar-refractivity contribution in [3.8, 4) is 0 Å². The van der Waals surface area contributed by atoms with Gasteiger partial charge in [0.25, 0.3) is 0 Å². The smallest absolute Gasteiger partial charge is 0.391 e. The van der Waals surface area contributed by atoms with Crippen molar-refractivity contribution in [1.29, 1.82) is 0 Å². The minimum atomic E-state index is -4.23. The van der Waals surface area contributed by atoms with Crippen LogP contribution in [0.3, 0.4) is 0 Å². The molecule has 4 nitrogen and oxygen atoms in total. The van der Waals surface area contributed by atoms with Crippen LogP contribution in [-0.2, 0) is 9.53 Å². The Morgan fingerprint density at radius 2 is 2.05 bits per heavy atom. The van der Waals surface area contributed by atoms with Crippen molar-refractivity contribution in [2.24, 2.45) is 0 Å². The van der Waals surface area contributed by atoms with Crippen LogP contribution in [0, 0.1) is 0 Å². The van der Waals surface area contributed by atoms with Gasteiger partial charge in [0.2, 0.25) is 0 Å². The van der Waals surface area contributed by atoms with Gasteiger partial charge in [-0.15, -0.1) is 0 Å². The first-order valence-electron chi connectivity index (χ1n) is 7.00. The molecule has 2 N–H and O–H groups in total. The maximum Gasteiger partial charge on any atom is 0.391 e. The summed E-state index contributed by atoms with van der Waals surface area (Å²) in [6.07, 6.45) is -1.65. The van der Waals surface area contributed by atoms with Crippen molar-refractivity contribution in [2.45, 2.75) is 68.8 Å². The van der Waals surface area contributed by atoms with Crippen LogP contribution in [0.1, 0.15) is 44.9 Å². The number of carboxylic acid groups (broad SMARTS) is 1. The molecular formula is C13H20F3NO3. The van der Waals surface area contributed by atoms with Crippen LogP contribution in [0.25, 0.3) is 0 Å². The van der Waals surface area contributed by atoms with Crippen molar-refractivity contribution in [3.63, 3.8) is 0 Å². The van der Waals surface area contributed by atoms with E-state index in [9.17, 15) is 23.1 Å². The van der Waals surface area contributed by atoms with Crippen molar-refractivity contribution in [1.82, 2.24) is 5.32 Å². The number of nitrogens with one attached hydrogen (secondary N) is 1. The number of hydrogen-bond acceptors (Lipinski definition) is 3. The first-order chi connectivity index (χ1) is 9.31. The summed E-state index contributed by atoms with van der Waals surface area (Å²) < 4.78 is 41.5. The molecule has 116 valence electrons. The Morgan fingerprint density at radius 1 is 1.35 bits per heavy atom. The van der Waals surface area contributed by atoms with Crippen LogP contribution < -0.4 is 5.32 Å². The average Bonchev–Trinajstić information content (AvgIpc) is 3.11. The van der Waals surface area contributed by atoms with Crippen LogP contribution in [0.15, 0.2) is 0 Å². The van der Waals surface area contributed by atoms with E-state index in [4.69, 9.17) is 4.74 Å². The van der Waals surface area contributed by atoms with Gasteiger partial charge in [-0.3, -0.25) is 10.1 Å². The summed E-state index contributed by atoms with van der Waals surface area (Å²) in [5, 5.41) is 12.6. The highest BCUT2D eigenvalue weighted by atomic mass is 19.4. The van der Waals surface area contributed by atoms with Gasteiger partial charge >= 0.3 is 12.1 Å². The first kappa shape index (κ1) is 15.6. The normalized spacial score (nSPS) is 31.2. The second kappa shape index (κ2) is 5.89. The van der Waals surface area contributed by atoms with Gasteiger partial charge in [0.05, 0.1) is 19.1 Å². The lowest BCUT2D eigenvalue weighted by Gasteiger charge is -2.38. The quantitative estimate of drug-likeness (QED) is 0.790. The third-order valence-electron chi connectivity index (χ3n) is 3.91. The molecule has 0 aromatic heterocycles. The van der Waals surface area contributed by atoms with Gasteiger partial charge in [0.15, 0.2) is 0 Å². The van der Waals surface area contributed by atoms with Crippen molar-refractivity contribution in [2.75, 3.05) is 6.61 Å². The van der Waals surface area contributed by atoms with E-state index in [2.05, 4.69) is 5.32 Å². The Kier molecular flexibility index (Phi) is 4.59. The maximum absolute atomic E-state index is 12.1. The summed E-state index contributed by atoms with van der Waals surface area (Å²) >= 11 is 0. The Bertz CT molecular complexity index is 357. The molecule has 0 aromatic carbocycles. The van der Waals surface area contributed by atoms with E-state index in [1.807, 2.05) is 0 Å². The van der Waals surface area contributed by atoms with E-state index >= 15 is 0 Å². The van der Waals surface area contributed by atoms with Crippen molar-refractivity contribution >= 4 is 5.97 Å². The van der Waals surface area contributed by atoms with Crippen molar-refractivity contribution in [3.05, 3.63) is 0 Å². The lowest BCUT2D eigenvalue weighted by Crippen LogP contribution is -2.57. The minimum absolute atomic E-state index is 0.236. The summed E-state index contributed by atoms with van der Waals surface area (Å²) in [4.78, 5) is 11.5. The van der Waals surface area contributed by atoms with Crippen molar-refractivity contribution < 1.29 is 27.8 Å². The Morgan fingerprint density at radius 3 is 2.60 bits per heavy atom. The molecule has 0 aliphatic heterocycles. The highest BCUT2D eigenvalue weighted by Gasteiger charge is 2.46. The average molecular weight is 295 g/mol. The molecule has 2 aliphatic rings. The molecule has 7 heteroatoms. The fourth-order valence-corrected chi connectivity index (χ4v) is 2.71. The Labute approximate surface area is 115 Å². The molecule has 2 fully saturated rings. The molecule has 2 rings (SSSR count). The second-order valence-corrected chi connectivity index (χ2v) is 5.76. The standard InChI is InChI=1S/C13H20F3NO3/c14-13(15,16)6-7-20-10-2-1-5-12(8-10,11(18)19)17-9-3-4-9/h9-10,17H,1-8H2,(H,18,19). The minimum Gasteiger partial charge on any atom is -0.480 e. The number of halogens is 3. The molecule has 0 heterocycles.